The molecule has 0 aromatic heterocycles. The Labute approximate surface area is 181 Å². The molecule has 1 aromatic carbocycles. The van der Waals surface area contributed by atoms with Crippen molar-refractivity contribution in [2.45, 2.75) is 38.5 Å². The van der Waals surface area contributed by atoms with E-state index < -0.39 is 0 Å². The van der Waals surface area contributed by atoms with Crippen molar-refractivity contribution in [2.24, 2.45) is 28.2 Å². The molecule has 0 saturated heterocycles. The lowest BCUT2D eigenvalue weighted by atomic mass is 9.49. The molecule has 0 unspecified atom stereocenters. The number of benzene rings is 1. The van der Waals surface area contributed by atoms with Crippen molar-refractivity contribution >= 4 is 23.9 Å². The van der Waals surface area contributed by atoms with Crippen molar-refractivity contribution in [3.8, 4) is 11.5 Å². The maximum absolute atomic E-state index is 12.6. The number of ether oxygens (including phenoxy) is 3. The maximum Gasteiger partial charge on any atom is 0.363 e. The lowest BCUT2D eigenvalue weighted by Crippen LogP contribution is -2.50. The molecule has 1 heterocycles. The summed E-state index contributed by atoms with van der Waals surface area (Å²) in [5, 5.41) is 2.51. The molecule has 5 aliphatic rings. The summed E-state index contributed by atoms with van der Waals surface area (Å²) in [6.45, 7) is -0.0989. The summed E-state index contributed by atoms with van der Waals surface area (Å²) < 4.78 is 16.6. The number of hydrogen-bond donors (Lipinski definition) is 1. The van der Waals surface area contributed by atoms with Crippen LogP contribution in [0.5, 0.6) is 11.5 Å². The maximum atomic E-state index is 12.6. The molecule has 1 aromatic rings. The first-order chi connectivity index (χ1) is 15.0. The lowest BCUT2D eigenvalue weighted by molar-refractivity contribution is -0.131. The second kappa shape index (κ2) is 7.70. The standard InChI is InChI=1S/C24H28N2O5/c1-25-21(27)13-30-19-4-3-14(9-20(19)29-2)8-18-22(28)31-23(26-18)24-10-15-5-16(11-24)7-17(6-15)12-24/h3-4,8-9,15-17H,5-7,10-13H2,1-2H3,(H,25,27). The van der Waals surface area contributed by atoms with Crippen LogP contribution >= 0.6 is 0 Å². The number of rotatable bonds is 6. The van der Waals surface area contributed by atoms with E-state index >= 15 is 0 Å². The van der Waals surface area contributed by atoms with Crippen LogP contribution in [0.25, 0.3) is 6.08 Å². The third kappa shape index (κ3) is 3.70. The third-order valence-corrected chi connectivity index (χ3v) is 7.24. The van der Waals surface area contributed by atoms with Gasteiger partial charge in [0.25, 0.3) is 5.91 Å². The molecular formula is C24H28N2O5. The SMILES string of the molecule is CNC(=O)COc1ccc(C=C2N=C(C34CC5CC(CC(C5)C3)C4)OC2=O)cc1OC. The van der Waals surface area contributed by atoms with Crippen LogP contribution in [0.15, 0.2) is 28.9 Å². The van der Waals surface area contributed by atoms with Crippen molar-refractivity contribution in [3.63, 3.8) is 0 Å². The number of likely N-dealkylation sites (N-methyl/N-ethyl adjacent to an activating group) is 1. The Morgan fingerprint density at radius 3 is 2.48 bits per heavy atom. The number of nitrogens with zero attached hydrogens (tertiary/aromatic N) is 1. The third-order valence-electron chi connectivity index (χ3n) is 7.24. The number of esters is 1. The van der Waals surface area contributed by atoms with Gasteiger partial charge in [-0.25, -0.2) is 9.79 Å². The summed E-state index contributed by atoms with van der Waals surface area (Å²) in [6, 6.07) is 5.29. The Morgan fingerprint density at radius 1 is 1.19 bits per heavy atom. The highest BCUT2D eigenvalue weighted by molar-refractivity contribution is 6.09. The zero-order chi connectivity index (χ0) is 21.6. The predicted octanol–water partition coefficient (Wildman–Crippen LogP) is 3.33. The quantitative estimate of drug-likeness (QED) is 0.559. The predicted molar refractivity (Wildman–Crippen MR) is 115 cm³/mol. The first-order valence-corrected chi connectivity index (χ1v) is 11.0. The van der Waals surface area contributed by atoms with Crippen LogP contribution in [0.3, 0.4) is 0 Å². The number of hydrogen-bond acceptors (Lipinski definition) is 6. The van der Waals surface area contributed by atoms with Gasteiger partial charge in [0.15, 0.2) is 23.8 Å². The number of cyclic esters (lactones) is 1. The number of amides is 1. The average molecular weight is 424 g/mol. The van der Waals surface area contributed by atoms with Gasteiger partial charge < -0.3 is 19.5 Å². The summed E-state index contributed by atoms with van der Waals surface area (Å²) in [5.74, 6) is 3.24. The molecule has 7 heteroatoms. The summed E-state index contributed by atoms with van der Waals surface area (Å²) in [5.41, 5.74) is 1.04. The number of nitrogens with one attached hydrogen (secondary N) is 1. The van der Waals surface area contributed by atoms with Crippen LogP contribution in [-0.2, 0) is 14.3 Å². The van der Waals surface area contributed by atoms with Gasteiger partial charge in [0.2, 0.25) is 5.90 Å². The fourth-order valence-corrected chi connectivity index (χ4v) is 6.28. The van der Waals surface area contributed by atoms with Crippen molar-refractivity contribution in [1.82, 2.24) is 5.32 Å². The van der Waals surface area contributed by atoms with E-state index in [9.17, 15) is 9.59 Å². The highest BCUT2D eigenvalue weighted by Gasteiger charge is 2.55. The van der Waals surface area contributed by atoms with Gasteiger partial charge in [-0.1, -0.05) is 6.07 Å². The molecule has 1 aliphatic heterocycles. The Kier molecular flexibility index (Phi) is 4.99. The molecule has 4 bridgehead atoms. The molecule has 0 radical (unpaired) electrons. The lowest BCUT2D eigenvalue weighted by Gasteiger charge is -2.55. The van der Waals surface area contributed by atoms with Gasteiger partial charge in [-0.3, -0.25) is 4.79 Å². The minimum atomic E-state index is -0.385. The molecular weight excluding hydrogens is 396 g/mol. The van der Waals surface area contributed by atoms with E-state index in [4.69, 9.17) is 14.2 Å². The van der Waals surface area contributed by atoms with Gasteiger partial charge in [0, 0.05) is 12.5 Å². The fourth-order valence-electron chi connectivity index (χ4n) is 6.28. The van der Waals surface area contributed by atoms with Crippen molar-refractivity contribution in [3.05, 3.63) is 29.5 Å². The Morgan fingerprint density at radius 2 is 1.87 bits per heavy atom. The smallest absolute Gasteiger partial charge is 0.363 e. The average Bonchev–Trinajstić information content (AvgIpc) is 3.12. The number of methoxy groups -OCH3 is 1. The summed E-state index contributed by atoms with van der Waals surface area (Å²) in [7, 11) is 3.09. The molecule has 6 rings (SSSR count). The van der Waals surface area contributed by atoms with Crippen LogP contribution < -0.4 is 14.8 Å². The van der Waals surface area contributed by atoms with E-state index in [1.165, 1.54) is 26.4 Å². The molecule has 1 N–H and O–H groups in total. The van der Waals surface area contributed by atoms with Crippen molar-refractivity contribution < 1.29 is 23.8 Å². The van der Waals surface area contributed by atoms with E-state index in [1.807, 2.05) is 0 Å². The molecule has 164 valence electrons. The number of carbonyl (C=O) groups is 2. The largest absolute Gasteiger partial charge is 0.493 e. The van der Waals surface area contributed by atoms with Crippen LogP contribution in [-0.4, -0.2) is 38.5 Å². The summed E-state index contributed by atoms with van der Waals surface area (Å²) in [6.07, 6.45) is 9.02. The highest BCUT2D eigenvalue weighted by Crippen LogP contribution is 2.61. The van der Waals surface area contributed by atoms with Crippen molar-refractivity contribution in [1.29, 1.82) is 0 Å². The Hall–Kier alpha value is -2.83. The van der Waals surface area contributed by atoms with E-state index in [2.05, 4.69) is 10.3 Å². The Bertz CT molecular complexity index is 945. The molecule has 31 heavy (non-hydrogen) atoms. The fraction of sp³-hybridized carbons (Fsp3) is 0.542. The molecule has 4 fully saturated rings. The molecule has 0 atom stereocenters. The van der Waals surface area contributed by atoms with E-state index in [1.54, 1.807) is 31.3 Å². The van der Waals surface area contributed by atoms with Crippen LogP contribution in [0.2, 0.25) is 0 Å². The monoisotopic (exact) mass is 424 g/mol. The molecule has 4 saturated carbocycles. The van der Waals surface area contributed by atoms with Crippen LogP contribution in [0, 0.1) is 23.2 Å². The number of carbonyl (C=O) groups excluding carboxylic acids is 2. The van der Waals surface area contributed by atoms with E-state index in [0.717, 1.165) is 42.6 Å². The Balaban J connectivity index is 1.37. The summed E-state index contributed by atoms with van der Waals surface area (Å²) >= 11 is 0. The van der Waals surface area contributed by atoms with Gasteiger partial charge in [-0.05, 0) is 80.1 Å². The minimum Gasteiger partial charge on any atom is -0.493 e. The second-order valence-corrected chi connectivity index (χ2v) is 9.41. The first-order valence-electron chi connectivity index (χ1n) is 11.0. The van der Waals surface area contributed by atoms with Gasteiger partial charge in [0.05, 0.1) is 7.11 Å². The molecule has 4 aliphatic carbocycles. The van der Waals surface area contributed by atoms with Gasteiger partial charge >= 0.3 is 5.97 Å². The first kappa shape index (κ1) is 20.1. The number of aliphatic imine (C=N–C) groups is 1. The van der Waals surface area contributed by atoms with Crippen LogP contribution in [0.4, 0.5) is 0 Å². The normalized spacial score (nSPS) is 32.1. The van der Waals surface area contributed by atoms with Gasteiger partial charge in [-0.2, -0.15) is 0 Å². The van der Waals surface area contributed by atoms with Gasteiger partial charge in [0.1, 0.15) is 0 Å². The van der Waals surface area contributed by atoms with Crippen LogP contribution in [0.1, 0.15) is 44.1 Å². The van der Waals surface area contributed by atoms with E-state index in [0.29, 0.717) is 23.1 Å². The topological polar surface area (TPSA) is 86.2 Å². The summed E-state index contributed by atoms with van der Waals surface area (Å²) in [4.78, 5) is 28.7. The minimum absolute atomic E-state index is 0.0464. The zero-order valence-corrected chi connectivity index (χ0v) is 18.0. The van der Waals surface area contributed by atoms with Crippen molar-refractivity contribution in [2.75, 3.05) is 20.8 Å². The molecule has 0 spiro atoms. The highest BCUT2D eigenvalue weighted by atomic mass is 16.6. The second-order valence-electron chi connectivity index (χ2n) is 9.41. The van der Waals surface area contributed by atoms with Gasteiger partial charge in [-0.15, -0.1) is 0 Å². The molecule has 7 nitrogen and oxygen atoms in total. The zero-order valence-electron chi connectivity index (χ0n) is 18.0. The van der Waals surface area contributed by atoms with E-state index in [-0.39, 0.29) is 23.9 Å². The molecule has 1 amide bonds.